The number of thiazole rings is 1. The largest absolute Gasteiger partial charge is 0.323 e. The molecule has 0 atom stereocenters. The lowest BCUT2D eigenvalue weighted by molar-refractivity contribution is -0.115. The van der Waals surface area contributed by atoms with Crippen molar-refractivity contribution >= 4 is 22.9 Å². The lowest BCUT2D eigenvalue weighted by Gasteiger charge is -2.04. The number of amides is 1. The summed E-state index contributed by atoms with van der Waals surface area (Å²) in [5, 5.41) is 10.1. The number of nitrogens with zero attached hydrogens (tertiary/aromatic N) is 3. The molecule has 0 unspecified atom stereocenters. The number of carbonyl (C=O) groups is 1. The van der Waals surface area contributed by atoms with Gasteiger partial charge >= 0.3 is 0 Å². The lowest BCUT2D eigenvalue weighted by Crippen LogP contribution is -2.15. The summed E-state index contributed by atoms with van der Waals surface area (Å²) in [6.07, 6.45) is 0.261. The highest BCUT2D eigenvalue weighted by molar-refractivity contribution is 7.13. The normalized spacial score (nSPS) is 10.7. The third kappa shape index (κ3) is 3.32. The summed E-state index contributed by atoms with van der Waals surface area (Å²) in [7, 11) is 1.87. The number of aromatic nitrogens is 3. The number of hydrogen-bond donors (Lipinski definition) is 1. The molecule has 0 radical (unpaired) electrons. The second-order valence-electron chi connectivity index (χ2n) is 5.40. The molecule has 0 bridgehead atoms. The highest BCUT2D eigenvalue weighted by Gasteiger charge is 2.14. The molecule has 23 heavy (non-hydrogen) atoms. The molecule has 6 heteroatoms. The van der Waals surface area contributed by atoms with E-state index in [2.05, 4.69) is 15.4 Å². The van der Waals surface area contributed by atoms with Gasteiger partial charge in [0.25, 0.3) is 0 Å². The van der Waals surface area contributed by atoms with Crippen molar-refractivity contribution in [3.63, 3.8) is 0 Å². The predicted octanol–water partition coefficient (Wildman–Crippen LogP) is 3.34. The van der Waals surface area contributed by atoms with Crippen LogP contribution in [0.25, 0.3) is 10.6 Å². The summed E-state index contributed by atoms with van der Waals surface area (Å²) in [5.74, 6) is -0.0749. The van der Waals surface area contributed by atoms with Gasteiger partial charge < -0.3 is 5.32 Å². The summed E-state index contributed by atoms with van der Waals surface area (Å²) >= 11 is 1.55. The fraction of sp³-hybridized carbons (Fsp3) is 0.235. The monoisotopic (exact) mass is 326 g/mol. The molecule has 2 aromatic heterocycles. The number of benzene rings is 1. The van der Waals surface area contributed by atoms with Gasteiger partial charge in [0.2, 0.25) is 5.91 Å². The van der Waals surface area contributed by atoms with Gasteiger partial charge in [-0.05, 0) is 13.8 Å². The smallest absolute Gasteiger partial charge is 0.230 e. The molecule has 0 fully saturated rings. The zero-order chi connectivity index (χ0) is 16.4. The number of anilines is 1. The second-order valence-corrected chi connectivity index (χ2v) is 6.26. The molecule has 0 aliphatic heterocycles. The van der Waals surface area contributed by atoms with Crippen molar-refractivity contribution in [2.75, 3.05) is 5.32 Å². The van der Waals surface area contributed by atoms with Crippen molar-refractivity contribution in [2.45, 2.75) is 20.3 Å². The molecule has 0 saturated carbocycles. The Morgan fingerprint density at radius 3 is 2.65 bits per heavy atom. The molecule has 3 rings (SSSR count). The van der Waals surface area contributed by atoms with Gasteiger partial charge in [-0.3, -0.25) is 9.48 Å². The van der Waals surface area contributed by atoms with Crippen LogP contribution < -0.4 is 5.32 Å². The van der Waals surface area contributed by atoms with Crippen molar-refractivity contribution < 1.29 is 4.79 Å². The standard InChI is InChI=1S/C17H18N4OS/c1-11-16(12(2)21(3)20-11)19-15(22)9-14-10-23-17(18-14)13-7-5-4-6-8-13/h4-8,10H,9H2,1-3H3,(H,19,22). The van der Waals surface area contributed by atoms with Crippen molar-refractivity contribution in [3.8, 4) is 10.6 Å². The van der Waals surface area contributed by atoms with E-state index in [9.17, 15) is 4.79 Å². The summed E-state index contributed by atoms with van der Waals surface area (Å²) in [6.45, 7) is 3.82. The van der Waals surface area contributed by atoms with E-state index in [1.54, 1.807) is 16.0 Å². The van der Waals surface area contributed by atoms with E-state index in [-0.39, 0.29) is 12.3 Å². The van der Waals surface area contributed by atoms with Crippen LogP contribution >= 0.6 is 11.3 Å². The molecule has 1 amide bonds. The Balaban J connectivity index is 1.70. The Bertz CT molecular complexity index is 836. The number of rotatable bonds is 4. The molecule has 3 aromatic rings. The summed E-state index contributed by atoms with van der Waals surface area (Å²) in [4.78, 5) is 16.8. The molecule has 1 aromatic carbocycles. The minimum atomic E-state index is -0.0749. The van der Waals surface area contributed by atoms with E-state index in [0.717, 1.165) is 33.3 Å². The van der Waals surface area contributed by atoms with Gasteiger partial charge in [-0.15, -0.1) is 11.3 Å². The summed E-state index contributed by atoms with van der Waals surface area (Å²) in [6, 6.07) is 9.98. The predicted molar refractivity (Wildman–Crippen MR) is 92.6 cm³/mol. The van der Waals surface area contributed by atoms with Crippen LogP contribution in [0.3, 0.4) is 0 Å². The Labute approximate surface area is 139 Å². The minimum absolute atomic E-state index is 0.0749. The fourth-order valence-corrected chi connectivity index (χ4v) is 3.23. The number of hydrogen-bond acceptors (Lipinski definition) is 4. The molecule has 0 spiro atoms. The molecular weight excluding hydrogens is 308 g/mol. The van der Waals surface area contributed by atoms with Gasteiger partial charge in [-0.1, -0.05) is 30.3 Å². The minimum Gasteiger partial charge on any atom is -0.323 e. The molecule has 118 valence electrons. The van der Waals surface area contributed by atoms with E-state index in [4.69, 9.17) is 0 Å². The van der Waals surface area contributed by atoms with Crippen LogP contribution in [0, 0.1) is 13.8 Å². The lowest BCUT2D eigenvalue weighted by atomic mass is 10.2. The highest BCUT2D eigenvalue weighted by Crippen LogP contribution is 2.24. The number of aryl methyl sites for hydroxylation is 2. The Hall–Kier alpha value is -2.47. The second kappa shape index (κ2) is 6.34. The number of carbonyl (C=O) groups excluding carboxylic acids is 1. The van der Waals surface area contributed by atoms with Crippen LogP contribution in [0.2, 0.25) is 0 Å². The van der Waals surface area contributed by atoms with Crippen LogP contribution in [0.1, 0.15) is 17.1 Å². The first kappa shape index (κ1) is 15.4. The van der Waals surface area contributed by atoms with Crippen LogP contribution in [0.15, 0.2) is 35.7 Å². The third-order valence-electron chi connectivity index (χ3n) is 3.69. The maximum atomic E-state index is 12.3. The van der Waals surface area contributed by atoms with Crippen molar-refractivity contribution in [2.24, 2.45) is 7.05 Å². The van der Waals surface area contributed by atoms with Crippen LogP contribution in [-0.4, -0.2) is 20.7 Å². The van der Waals surface area contributed by atoms with Gasteiger partial charge in [0.15, 0.2) is 0 Å². The van der Waals surface area contributed by atoms with Crippen molar-refractivity contribution in [3.05, 3.63) is 52.8 Å². The average Bonchev–Trinajstić information content (AvgIpc) is 3.09. The van der Waals surface area contributed by atoms with Gasteiger partial charge in [-0.25, -0.2) is 4.98 Å². The van der Waals surface area contributed by atoms with Crippen LogP contribution in [0.4, 0.5) is 5.69 Å². The van der Waals surface area contributed by atoms with E-state index in [0.29, 0.717) is 0 Å². The zero-order valence-corrected chi connectivity index (χ0v) is 14.1. The molecule has 1 N–H and O–H groups in total. The first-order valence-electron chi connectivity index (χ1n) is 7.34. The fourth-order valence-electron chi connectivity index (χ4n) is 2.40. The molecule has 0 aliphatic rings. The molecular formula is C17H18N4OS. The first-order valence-corrected chi connectivity index (χ1v) is 8.22. The van der Waals surface area contributed by atoms with E-state index >= 15 is 0 Å². The molecule has 2 heterocycles. The average molecular weight is 326 g/mol. The van der Waals surface area contributed by atoms with E-state index < -0.39 is 0 Å². The Morgan fingerprint density at radius 1 is 1.26 bits per heavy atom. The zero-order valence-electron chi connectivity index (χ0n) is 13.3. The topological polar surface area (TPSA) is 59.8 Å². The first-order chi connectivity index (χ1) is 11.0. The van der Waals surface area contributed by atoms with Crippen LogP contribution in [0.5, 0.6) is 0 Å². The Kier molecular flexibility index (Phi) is 4.25. The van der Waals surface area contributed by atoms with E-state index in [1.165, 1.54) is 0 Å². The maximum Gasteiger partial charge on any atom is 0.230 e. The SMILES string of the molecule is Cc1nn(C)c(C)c1NC(=O)Cc1csc(-c2ccccc2)n1. The molecule has 5 nitrogen and oxygen atoms in total. The van der Waals surface area contributed by atoms with E-state index in [1.807, 2.05) is 56.6 Å². The number of nitrogens with one attached hydrogen (secondary N) is 1. The summed E-state index contributed by atoms with van der Waals surface area (Å²) in [5.41, 5.74) is 4.41. The quantitative estimate of drug-likeness (QED) is 0.800. The Morgan fingerprint density at radius 2 is 2.00 bits per heavy atom. The van der Waals surface area contributed by atoms with Crippen molar-refractivity contribution in [1.29, 1.82) is 0 Å². The maximum absolute atomic E-state index is 12.3. The van der Waals surface area contributed by atoms with Gasteiger partial charge in [0.1, 0.15) is 5.01 Å². The van der Waals surface area contributed by atoms with Crippen LogP contribution in [-0.2, 0) is 18.3 Å². The molecule has 0 aliphatic carbocycles. The third-order valence-corrected chi connectivity index (χ3v) is 4.63. The highest BCUT2D eigenvalue weighted by atomic mass is 32.1. The van der Waals surface area contributed by atoms with Crippen molar-refractivity contribution in [1.82, 2.24) is 14.8 Å². The molecule has 0 saturated heterocycles. The van der Waals surface area contributed by atoms with Gasteiger partial charge in [-0.2, -0.15) is 5.10 Å². The van der Waals surface area contributed by atoms with Gasteiger partial charge in [0.05, 0.1) is 29.2 Å². The summed E-state index contributed by atoms with van der Waals surface area (Å²) < 4.78 is 1.77. The van der Waals surface area contributed by atoms with Gasteiger partial charge in [0, 0.05) is 18.0 Å².